The molecule has 0 bridgehead atoms. The van der Waals surface area contributed by atoms with Crippen LogP contribution < -0.4 is 5.48 Å². The van der Waals surface area contributed by atoms with Crippen LogP contribution in [-0.2, 0) is 4.84 Å². The number of nitrogens with one attached hydrogen (secondary N) is 1. The van der Waals surface area contributed by atoms with Gasteiger partial charge >= 0.3 is 0 Å². The molecule has 0 amide bonds. The molecule has 160 valence electrons. The fraction of sp³-hybridized carbons (Fsp3) is 0.538. The molecule has 2 rings (SSSR count). The lowest BCUT2D eigenvalue weighted by Gasteiger charge is -2.42. The van der Waals surface area contributed by atoms with Gasteiger partial charge in [0.15, 0.2) is 0 Å². The van der Waals surface area contributed by atoms with Crippen molar-refractivity contribution < 1.29 is 9.32 Å². The van der Waals surface area contributed by atoms with E-state index in [2.05, 4.69) is 71.4 Å². The van der Waals surface area contributed by atoms with E-state index in [4.69, 9.17) is 4.84 Å². The van der Waals surface area contributed by atoms with Gasteiger partial charge in [-0.3, -0.25) is 10.3 Å². The Morgan fingerprint density at radius 1 is 0.828 bits per heavy atom. The van der Waals surface area contributed by atoms with Crippen LogP contribution in [0.15, 0.2) is 54.6 Å². The third-order valence-corrected chi connectivity index (χ3v) is 6.51. The Morgan fingerprint density at radius 3 is 2.03 bits per heavy atom. The molecule has 2 aromatic carbocycles. The number of aryl methyl sites for hydroxylation is 1. The molecule has 1 unspecified atom stereocenters. The molecule has 3 nitrogen and oxygen atoms in total. The standard InChI is InChI=1S/C26H41N2O/c1-21(2)28(6,22(3)4)20-12-8-11-15-26(24-18-16-23(5)17-19-24)29-27-25-13-9-7-10-14-25/h7,9-10,13-14,16-19,21-22,26-27H,8,11-12,15,20H2,1-6H3/q+1. The van der Waals surface area contributed by atoms with Crippen LogP contribution in [-0.4, -0.2) is 30.2 Å². The average Bonchev–Trinajstić information content (AvgIpc) is 2.71. The molecule has 0 aliphatic rings. The van der Waals surface area contributed by atoms with Crippen molar-refractivity contribution in [3.63, 3.8) is 0 Å². The summed E-state index contributed by atoms with van der Waals surface area (Å²) >= 11 is 0. The smallest absolute Gasteiger partial charge is 0.110 e. The number of anilines is 1. The van der Waals surface area contributed by atoms with Gasteiger partial charge < -0.3 is 4.48 Å². The van der Waals surface area contributed by atoms with Crippen molar-refractivity contribution >= 4 is 5.69 Å². The molecule has 0 aliphatic heterocycles. The van der Waals surface area contributed by atoms with Crippen LogP contribution in [0.25, 0.3) is 0 Å². The van der Waals surface area contributed by atoms with Gasteiger partial charge in [-0.15, -0.1) is 0 Å². The van der Waals surface area contributed by atoms with Crippen LogP contribution in [0.4, 0.5) is 5.69 Å². The molecule has 0 heterocycles. The van der Waals surface area contributed by atoms with Crippen molar-refractivity contribution in [3.8, 4) is 0 Å². The lowest BCUT2D eigenvalue weighted by atomic mass is 10.0. The second-order valence-electron chi connectivity index (χ2n) is 9.09. The first-order valence-electron chi connectivity index (χ1n) is 11.2. The number of benzene rings is 2. The summed E-state index contributed by atoms with van der Waals surface area (Å²) in [6.07, 6.45) is 4.76. The summed E-state index contributed by atoms with van der Waals surface area (Å²) in [6.45, 7) is 12.7. The predicted octanol–water partition coefficient (Wildman–Crippen LogP) is 6.90. The molecule has 0 saturated heterocycles. The van der Waals surface area contributed by atoms with Gasteiger partial charge in [-0.2, -0.15) is 0 Å². The van der Waals surface area contributed by atoms with Crippen molar-refractivity contribution in [1.82, 2.24) is 0 Å². The molecule has 0 radical (unpaired) electrons. The highest BCUT2D eigenvalue weighted by Crippen LogP contribution is 2.26. The first-order valence-corrected chi connectivity index (χ1v) is 11.2. The van der Waals surface area contributed by atoms with Gasteiger partial charge in [0.2, 0.25) is 0 Å². The summed E-state index contributed by atoms with van der Waals surface area (Å²) < 4.78 is 1.15. The maximum absolute atomic E-state index is 6.12. The van der Waals surface area contributed by atoms with Gasteiger partial charge in [0.1, 0.15) is 6.10 Å². The van der Waals surface area contributed by atoms with Crippen LogP contribution in [0.2, 0.25) is 0 Å². The molecule has 29 heavy (non-hydrogen) atoms. The Kier molecular flexibility index (Phi) is 9.19. The molecule has 0 fully saturated rings. The minimum atomic E-state index is 0.0619. The zero-order chi connectivity index (χ0) is 21.3. The van der Waals surface area contributed by atoms with Gasteiger partial charge in [0.05, 0.1) is 31.4 Å². The molecule has 3 heteroatoms. The van der Waals surface area contributed by atoms with Gasteiger partial charge in [-0.05, 0) is 71.6 Å². The van der Waals surface area contributed by atoms with Crippen LogP contribution in [0.3, 0.4) is 0 Å². The quantitative estimate of drug-likeness (QED) is 0.239. The molecule has 0 aliphatic carbocycles. The van der Waals surface area contributed by atoms with Gasteiger partial charge in [-0.25, -0.2) is 0 Å². The summed E-state index contributed by atoms with van der Waals surface area (Å²) in [5.41, 5.74) is 6.66. The fourth-order valence-electron chi connectivity index (χ4n) is 3.79. The van der Waals surface area contributed by atoms with E-state index in [1.165, 1.54) is 36.9 Å². The highest BCUT2D eigenvalue weighted by Gasteiger charge is 2.28. The van der Waals surface area contributed by atoms with Gasteiger partial charge in [-0.1, -0.05) is 54.4 Å². The van der Waals surface area contributed by atoms with Gasteiger partial charge in [0, 0.05) is 0 Å². The summed E-state index contributed by atoms with van der Waals surface area (Å²) in [4.78, 5) is 6.12. The second-order valence-corrected chi connectivity index (χ2v) is 9.09. The summed E-state index contributed by atoms with van der Waals surface area (Å²) in [6, 6.07) is 20.2. The van der Waals surface area contributed by atoms with E-state index in [-0.39, 0.29) is 6.10 Å². The topological polar surface area (TPSA) is 21.3 Å². The van der Waals surface area contributed by atoms with Crippen molar-refractivity contribution in [2.45, 2.75) is 78.5 Å². The molecule has 2 aromatic rings. The highest BCUT2D eigenvalue weighted by molar-refractivity contribution is 5.40. The third-order valence-electron chi connectivity index (χ3n) is 6.51. The normalized spacial score (nSPS) is 13.1. The third kappa shape index (κ3) is 7.17. The highest BCUT2D eigenvalue weighted by atomic mass is 16.7. The Morgan fingerprint density at radius 2 is 1.45 bits per heavy atom. The van der Waals surface area contributed by atoms with Crippen molar-refractivity contribution in [2.24, 2.45) is 0 Å². The predicted molar refractivity (Wildman–Crippen MR) is 125 cm³/mol. The fourth-order valence-corrected chi connectivity index (χ4v) is 3.79. The van der Waals surface area contributed by atoms with E-state index in [1.807, 2.05) is 30.3 Å². The summed E-state index contributed by atoms with van der Waals surface area (Å²) in [5, 5.41) is 0. The van der Waals surface area contributed by atoms with Crippen molar-refractivity contribution in [3.05, 3.63) is 65.7 Å². The molecule has 1 atom stereocenters. The van der Waals surface area contributed by atoms with E-state index in [0.29, 0.717) is 12.1 Å². The average molecular weight is 398 g/mol. The van der Waals surface area contributed by atoms with E-state index in [0.717, 1.165) is 16.6 Å². The van der Waals surface area contributed by atoms with Crippen molar-refractivity contribution in [1.29, 1.82) is 0 Å². The van der Waals surface area contributed by atoms with Crippen LogP contribution in [0, 0.1) is 6.92 Å². The largest absolute Gasteiger partial charge is 0.322 e. The zero-order valence-electron chi connectivity index (χ0n) is 19.3. The van der Waals surface area contributed by atoms with Crippen LogP contribution in [0.1, 0.15) is 70.6 Å². The van der Waals surface area contributed by atoms with Crippen LogP contribution >= 0.6 is 0 Å². The molecular formula is C26H41N2O+. The summed E-state index contributed by atoms with van der Waals surface area (Å²) in [7, 11) is 2.40. The number of rotatable bonds is 12. The monoisotopic (exact) mass is 397 g/mol. The lowest BCUT2D eigenvalue weighted by Crippen LogP contribution is -2.54. The molecular weight excluding hydrogens is 356 g/mol. The first-order chi connectivity index (χ1) is 13.8. The number of hydrogen-bond donors (Lipinski definition) is 1. The summed E-state index contributed by atoms with van der Waals surface area (Å²) in [5.74, 6) is 0. The molecule has 0 saturated carbocycles. The SMILES string of the molecule is Cc1ccc(C(CCCCC[N+](C)(C(C)C)C(C)C)ONc2ccccc2)cc1. The van der Waals surface area contributed by atoms with Gasteiger partial charge in [0.25, 0.3) is 0 Å². The van der Waals surface area contributed by atoms with E-state index >= 15 is 0 Å². The first kappa shape index (κ1) is 23.4. The molecule has 0 aromatic heterocycles. The Hall–Kier alpha value is -1.84. The number of quaternary nitrogens is 1. The minimum Gasteiger partial charge on any atom is -0.322 e. The Labute approximate surface area is 178 Å². The maximum atomic E-state index is 6.12. The van der Waals surface area contributed by atoms with E-state index in [1.54, 1.807) is 0 Å². The van der Waals surface area contributed by atoms with Crippen LogP contribution in [0.5, 0.6) is 0 Å². The Bertz CT molecular complexity index is 686. The van der Waals surface area contributed by atoms with E-state index in [9.17, 15) is 0 Å². The van der Waals surface area contributed by atoms with E-state index < -0.39 is 0 Å². The maximum Gasteiger partial charge on any atom is 0.110 e. The zero-order valence-corrected chi connectivity index (χ0v) is 19.3. The second kappa shape index (κ2) is 11.4. The number of unbranched alkanes of at least 4 members (excludes halogenated alkanes) is 2. The number of nitrogens with zero attached hydrogens (tertiary/aromatic N) is 1. The Balaban J connectivity index is 1.89. The minimum absolute atomic E-state index is 0.0619. The number of para-hydroxylation sites is 1. The molecule has 0 spiro atoms. The number of hydrogen-bond acceptors (Lipinski definition) is 2. The van der Waals surface area contributed by atoms with Crippen molar-refractivity contribution in [2.75, 3.05) is 19.1 Å². The lowest BCUT2D eigenvalue weighted by molar-refractivity contribution is -0.949. The molecule has 1 N–H and O–H groups in total.